The van der Waals surface area contributed by atoms with Gasteiger partial charge >= 0.3 is 0 Å². The van der Waals surface area contributed by atoms with E-state index in [1.54, 1.807) is 12.1 Å². The average Bonchev–Trinajstić information content (AvgIpc) is 2.77. The van der Waals surface area contributed by atoms with Gasteiger partial charge in [0.1, 0.15) is 0 Å². The number of benzene rings is 1. The molecular weight excluding hydrogens is 394 g/mol. The number of unbranched alkanes of at least 4 members (excludes halogenated alkanes) is 1. The molecule has 172 valence electrons. The van der Waals surface area contributed by atoms with E-state index in [0.717, 1.165) is 43.9 Å². The number of carbonyl (C=O) groups is 1. The highest BCUT2D eigenvalue weighted by atomic mass is 19.2. The van der Waals surface area contributed by atoms with Crippen LogP contribution in [0.4, 0.5) is 8.78 Å². The molecule has 31 heavy (non-hydrogen) atoms. The molecule has 3 rings (SSSR count). The maximum absolute atomic E-state index is 14.7. The van der Waals surface area contributed by atoms with Crippen LogP contribution in [-0.2, 0) is 4.79 Å². The highest BCUT2D eigenvalue weighted by molar-refractivity contribution is 6.00. The van der Waals surface area contributed by atoms with Gasteiger partial charge in [0.05, 0.1) is 6.61 Å². The van der Waals surface area contributed by atoms with E-state index in [4.69, 9.17) is 4.74 Å². The van der Waals surface area contributed by atoms with Gasteiger partial charge in [-0.05, 0) is 67.7 Å². The molecule has 1 atom stereocenters. The zero-order chi connectivity index (χ0) is 22.2. The van der Waals surface area contributed by atoms with Crippen molar-refractivity contribution in [3.63, 3.8) is 0 Å². The van der Waals surface area contributed by atoms with Crippen molar-refractivity contribution in [1.82, 2.24) is 0 Å². The predicted octanol–water partition coefficient (Wildman–Crippen LogP) is 7.89. The Morgan fingerprint density at radius 1 is 0.903 bits per heavy atom. The lowest BCUT2D eigenvalue weighted by Gasteiger charge is -2.29. The Morgan fingerprint density at radius 3 is 2.26 bits per heavy atom. The standard InChI is InChI=1S/C27H38F2O2/c1-3-5-17-31-25-16-15-23(26(28)27(25)29)22-14-13-21(24(30)18-22)12-11-20-9-7-19(6-4-2)8-10-20/h15-16,18-21H,3-14,17H2,1-2H3. The van der Waals surface area contributed by atoms with Crippen LogP contribution in [0.1, 0.15) is 96.5 Å². The van der Waals surface area contributed by atoms with E-state index in [0.29, 0.717) is 18.6 Å². The Bertz CT molecular complexity index is 763. The predicted molar refractivity (Wildman–Crippen MR) is 122 cm³/mol. The molecule has 1 unspecified atom stereocenters. The van der Waals surface area contributed by atoms with Crippen molar-refractivity contribution < 1.29 is 18.3 Å². The number of ketones is 1. The van der Waals surface area contributed by atoms with Crippen molar-refractivity contribution in [3.05, 3.63) is 35.4 Å². The Hall–Kier alpha value is -1.71. The fraction of sp³-hybridized carbons (Fsp3) is 0.667. The molecule has 0 aliphatic heterocycles. The first-order valence-electron chi connectivity index (χ1n) is 12.4. The van der Waals surface area contributed by atoms with Crippen LogP contribution >= 0.6 is 0 Å². The second kappa shape index (κ2) is 11.8. The molecular formula is C27H38F2O2. The molecule has 0 saturated heterocycles. The lowest BCUT2D eigenvalue weighted by Crippen LogP contribution is -2.20. The number of ether oxygens (including phenoxy) is 1. The second-order valence-electron chi connectivity index (χ2n) is 9.50. The van der Waals surface area contributed by atoms with Gasteiger partial charge in [-0.3, -0.25) is 4.79 Å². The fourth-order valence-electron chi connectivity index (χ4n) is 5.20. The van der Waals surface area contributed by atoms with Crippen LogP contribution in [0.15, 0.2) is 18.2 Å². The molecule has 0 aromatic heterocycles. The number of hydrogen-bond donors (Lipinski definition) is 0. The SMILES string of the molecule is CCCCOc1ccc(C2=CC(=O)C(CCC3CCC(CCC)CC3)CC2)c(F)c1F. The van der Waals surface area contributed by atoms with Crippen LogP contribution < -0.4 is 4.74 Å². The molecule has 0 heterocycles. The Kier molecular flexibility index (Phi) is 9.10. The summed E-state index contributed by atoms with van der Waals surface area (Å²) in [6, 6.07) is 3.03. The summed E-state index contributed by atoms with van der Waals surface area (Å²) < 4.78 is 34.4. The molecule has 0 radical (unpaired) electrons. The largest absolute Gasteiger partial charge is 0.490 e. The van der Waals surface area contributed by atoms with E-state index in [1.165, 1.54) is 44.6 Å². The minimum atomic E-state index is -0.956. The van der Waals surface area contributed by atoms with Gasteiger partial charge in [-0.15, -0.1) is 0 Å². The topological polar surface area (TPSA) is 26.3 Å². The fourth-order valence-corrected chi connectivity index (χ4v) is 5.20. The highest BCUT2D eigenvalue weighted by Gasteiger charge is 2.27. The Balaban J connectivity index is 1.55. The van der Waals surface area contributed by atoms with E-state index >= 15 is 0 Å². The number of carbonyl (C=O) groups excluding carboxylic acids is 1. The summed E-state index contributed by atoms with van der Waals surface area (Å²) in [7, 11) is 0. The van der Waals surface area contributed by atoms with Crippen LogP contribution in [0, 0.1) is 29.4 Å². The molecule has 2 aliphatic carbocycles. The summed E-state index contributed by atoms with van der Waals surface area (Å²) >= 11 is 0. The van der Waals surface area contributed by atoms with E-state index in [9.17, 15) is 13.6 Å². The molecule has 0 N–H and O–H groups in total. The van der Waals surface area contributed by atoms with Gasteiger partial charge in [0.2, 0.25) is 5.82 Å². The molecule has 2 nitrogen and oxygen atoms in total. The first kappa shape index (κ1) is 23.9. The Labute approximate surface area is 186 Å². The molecule has 1 aromatic rings. The minimum absolute atomic E-state index is 0.0293. The summed E-state index contributed by atoms with van der Waals surface area (Å²) in [4.78, 5) is 12.7. The molecule has 0 amide bonds. The highest BCUT2D eigenvalue weighted by Crippen LogP contribution is 2.38. The van der Waals surface area contributed by atoms with Crippen LogP contribution in [0.3, 0.4) is 0 Å². The van der Waals surface area contributed by atoms with Gasteiger partial charge in [0, 0.05) is 11.5 Å². The molecule has 1 aromatic carbocycles. The summed E-state index contributed by atoms with van der Waals surface area (Å²) in [6.07, 6.45) is 14.6. The molecule has 1 saturated carbocycles. The van der Waals surface area contributed by atoms with E-state index in [-0.39, 0.29) is 23.0 Å². The van der Waals surface area contributed by atoms with Crippen molar-refractivity contribution in [2.75, 3.05) is 6.61 Å². The quantitative estimate of drug-likeness (QED) is 0.351. The third-order valence-corrected chi connectivity index (χ3v) is 7.22. The third-order valence-electron chi connectivity index (χ3n) is 7.22. The molecule has 4 heteroatoms. The first-order valence-corrected chi connectivity index (χ1v) is 12.4. The molecule has 2 aliphatic rings. The molecule has 1 fully saturated rings. The van der Waals surface area contributed by atoms with Crippen LogP contribution in [0.25, 0.3) is 5.57 Å². The first-order chi connectivity index (χ1) is 15.0. The average molecular weight is 433 g/mol. The van der Waals surface area contributed by atoms with Crippen LogP contribution in [-0.4, -0.2) is 12.4 Å². The monoisotopic (exact) mass is 432 g/mol. The van der Waals surface area contributed by atoms with E-state index in [2.05, 4.69) is 6.92 Å². The number of hydrogen-bond acceptors (Lipinski definition) is 2. The lowest BCUT2D eigenvalue weighted by molar-refractivity contribution is -0.118. The van der Waals surface area contributed by atoms with Crippen molar-refractivity contribution in [3.8, 4) is 5.75 Å². The van der Waals surface area contributed by atoms with Crippen molar-refractivity contribution in [1.29, 1.82) is 0 Å². The summed E-state index contributed by atoms with van der Waals surface area (Å²) in [5, 5.41) is 0. The maximum atomic E-state index is 14.7. The maximum Gasteiger partial charge on any atom is 0.201 e. The van der Waals surface area contributed by atoms with Gasteiger partial charge in [0.25, 0.3) is 0 Å². The lowest BCUT2D eigenvalue weighted by atomic mass is 9.76. The van der Waals surface area contributed by atoms with Crippen LogP contribution in [0.2, 0.25) is 0 Å². The normalized spacial score (nSPS) is 24.2. The Morgan fingerprint density at radius 2 is 1.61 bits per heavy atom. The van der Waals surface area contributed by atoms with Crippen molar-refractivity contribution >= 4 is 11.4 Å². The zero-order valence-corrected chi connectivity index (χ0v) is 19.2. The minimum Gasteiger partial charge on any atom is -0.490 e. The number of halogens is 2. The van der Waals surface area contributed by atoms with Crippen molar-refractivity contribution in [2.24, 2.45) is 17.8 Å². The summed E-state index contributed by atoms with van der Waals surface area (Å²) in [5.41, 5.74) is 0.805. The molecule has 0 spiro atoms. The van der Waals surface area contributed by atoms with E-state index < -0.39 is 11.6 Å². The van der Waals surface area contributed by atoms with Gasteiger partial charge in [0.15, 0.2) is 17.3 Å². The summed E-state index contributed by atoms with van der Waals surface area (Å²) in [6.45, 7) is 4.65. The number of rotatable bonds is 10. The van der Waals surface area contributed by atoms with Gasteiger partial charge < -0.3 is 4.74 Å². The molecule has 0 bridgehead atoms. The summed E-state index contributed by atoms with van der Waals surface area (Å²) in [5.74, 6) is -0.160. The van der Waals surface area contributed by atoms with Gasteiger partial charge in [-0.2, -0.15) is 4.39 Å². The third kappa shape index (κ3) is 6.40. The van der Waals surface area contributed by atoms with Crippen LogP contribution in [0.5, 0.6) is 5.75 Å². The second-order valence-corrected chi connectivity index (χ2v) is 9.50. The smallest absolute Gasteiger partial charge is 0.201 e. The van der Waals surface area contributed by atoms with Gasteiger partial charge in [-0.1, -0.05) is 58.8 Å². The van der Waals surface area contributed by atoms with Gasteiger partial charge in [-0.25, -0.2) is 4.39 Å². The number of allylic oxidation sites excluding steroid dienone is 2. The van der Waals surface area contributed by atoms with Crippen molar-refractivity contribution in [2.45, 2.75) is 90.9 Å². The van der Waals surface area contributed by atoms with E-state index in [1.807, 2.05) is 6.92 Å². The zero-order valence-electron chi connectivity index (χ0n) is 19.2.